The van der Waals surface area contributed by atoms with E-state index in [1.54, 1.807) is 41.0 Å². The Balaban J connectivity index is 1.09. The number of benzene rings is 2. The van der Waals surface area contributed by atoms with E-state index >= 15 is 4.39 Å². The number of nitrogens with zero attached hydrogens (tertiary/aromatic N) is 5. The van der Waals surface area contributed by atoms with Crippen LogP contribution in [0.5, 0.6) is 5.75 Å². The number of aromatic nitrogens is 3. The number of fused-ring (bicyclic) bond motifs is 2. The van der Waals surface area contributed by atoms with Crippen molar-refractivity contribution < 1.29 is 28.2 Å². The van der Waals surface area contributed by atoms with E-state index in [-0.39, 0.29) is 29.9 Å². The van der Waals surface area contributed by atoms with E-state index in [1.807, 2.05) is 37.5 Å². The van der Waals surface area contributed by atoms with Crippen molar-refractivity contribution in [3.8, 4) is 16.9 Å². The normalized spacial score (nSPS) is 17.9. The van der Waals surface area contributed by atoms with Gasteiger partial charge >= 0.3 is 6.09 Å². The van der Waals surface area contributed by atoms with Crippen molar-refractivity contribution in [3.05, 3.63) is 82.6 Å². The molecule has 1 saturated heterocycles. The van der Waals surface area contributed by atoms with Gasteiger partial charge in [0.05, 0.1) is 25.1 Å². The lowest BCUT2D eigenvalue weighted by atomic mass is 9.99. The maximum Gasteiger partial charge on any atom is 0.410 e. The molecule has 2 aromatic carbocycles. The highest BCUT2D eigenvalue weighted by atomic mass is 32.1. The Morgan fingerprint density at radius 2 is 1.91 bits per heavy atom. The number of nitrogens with one attached hydrogen (secondary N) is 1. The zero-order chi connectivity index (χ0) is 32.9. The van der Waals surface area contributed by atoms with Gasteiger partial charge in [0, 0.05) is 47.9 Å². The predicted octanol–water partition coefficient (Wildman–Crippen LogP) is 5.82. The van der Waals surface area contributed by atoms with E-state index in [0.29, 0.717) is 47.2 Å². The maximum absolute atomic E-state index is 15.7. The molecule has 11 nitrogen and oxygen atoms in total. The number of anilines is 1. The second-order valence-electron chi connectivity index (χ2n) is 13.0. The first-order valence-corrected chi connectivity index (χ1v) is 16.5. The van der Waals surface area contributed by atoms with Crippen molar-refractivity contribution in [2.45, 2.75) is 70.9 Å². The average molecular weight is 659 g/mol. The van der Waals surface area contributed by atoms with Crippen LogP contribution in [0.1, 0.15) is 67.0 Å². The van der Waals surface area contributed by atoms with Gasteiger partial charge in [0.1, 0.15) is 23.3 Å². The zero-order valence-electron chi connectivity index (χ0n) is 26.4. The zero-order valence-corrected chi connectivity index (χ0v) is 27.2. The first-order chi connectivity index (χ1) is 22.5. The summed E-state index contributed by atoms with van der Waals surface area (Å²) in [6, 6.07) is 9.26. The van der Waals surface area contributed by atoms with E-state index in [4.69, 9.17) is 9.47 Å². The number of hydrogen-bond acceptors (Lipinski definition) is 8. The lowest BCUT2D eigenvalue weighted by Gasteiger charge is -2.26. The fourth-order valence-electron chi connectivity index (χ4n) is 6.40. The molecular formula is C34H35FN6O5S. The Labute approximate surface area is 275 Å². The van der Waals surface area contributed by atoms with Gasteiger partial charge in [0.15, 0.2) is 11.2 Å². The lowest BCUT2D eigenvalue weighted by Crippen LogP contribution is -2.38. The number of ether oxygens (including phenoxy) is 2. The van der Waals surface area contributed by atoms with Crippen molar-refractivity contribution >= 4 is 34.4 Å². The molecule has 3 aliphatic heterocycles. The molecule has 4 aromatic rings. The summed E-state index contributed by atoms with van der Waals surface area (Å²) in [6.07, 6.45) is 5.10. The van der Waals surface area contributed by atoms with Crippen LogP contribution in [-0.4, -0.2) is 67.0 Å². The monoisotopic (exact) mass is 658 g/mol. The molecule has 47 heavy (non-hydrogen) atoms. The molecule has 5 heterocycles. The number of rotatable bonds is 7. The minimum Gasteiger partial charge on any atom is -0.489 e. The first kappa shape index (κ1) is 30.9. The standard InChI is InChI=1S/C34H35FN6O5S/c1-34(2,3)46-33(44)39-13-10-23(17-39)45-22-8-6-20(7-9-22)21-15-24-25(26(35)16-21)18-41(31(24)43)29(30(42)38-32-36-11-14-47-32)28-27-5-4-12-40(27)19-37-28/h6-9,11,14-16,19,23,29H,4-5,10,12-13,17-18H2,1-3H3,(H,36,38,42)/t23-,29?/m0/s1. The minimum absolute atomic E-state index is 0.0585. The lowest BCUT2D eigenvalue weighted by molar-refractivity contribution is -0.121. The molecule has 1 fully saturated rings. The third kappa shape index (κ3) is 6.19. The number of carbonyl (C=O) groups is 3. The maximum atomic E-state index is 15.7. The second kappa shape index (κ2) is 12.1. The van der Waals surface area contributed by atoms with Crippen LogP contribution in [0.4, 0.5) is 14.3 Å². The number of hydrogen-bond donors (Lipinski definition) is 1. The van der Waals surface area contributed by atoms with E-state index in [0.717, 1.165) is 25.1 Å². The van der Waals surface area contributed by atoms with Crippen LogP contribution in [0.2, 0.25) is 0 Å². The van der Waals surface area contributed by atoms with E-state index in [2.05, 4.69) is 15.3 Å². The van der Waals surface area contributed by atoms with Crippen LogP contribution < -0.4 is 10.1 Å². The second-order valence-corrected chi connectivity index (χ2v) is 13.9. The fraction of sp³-hybridized carbons (Fsp3) is 0.382. The number of aryl methyl sites for hydroxylation is 1. The van der Waals surface area contributed by atoms with Crippen LogP contribution in [0.3, 0.4) is 0 Å². The smallest absolute Gasteiger partial charge is 0.410 e. The number of halogens is 1. The number of likely N-dealkylation sites (tertiary alicyclic amines) is 1. The SMILES string of the molecule is CC(C)(C)OC(=O)N1CC[C@H](Oc2ccc(-c3cc(F)c4c(c3)C(=O)N(C(C(=O)Nc3nccs3)c3ncn5c3CCC5)C4)cc2)C1. The summed E-state index contributed by atoms with van der Waals surface area (Å²) in [7, 11) is 0. The third-order valence-electron chi connectivity index (χ3n) is 8.57. The van der Waals surface area contributed by atoms with Crippen LogP contribution in [-0.2, 0) is 29.0 Å². The highest BCUT2D eigenvalue weighted by Crippen LogP contribution is 2.38. The van der Waals surface area contributed by atoms with Crippen LogP contribution in [0, 0.1) is 5.82 Å². The number of carbonyl (C=O) groups excluding carboxylic acids is 3. The molecule has 13 heteroatoms. The summed E-state index contributed by atoms with van der Waals surface area (Å²) in [5.74, 6) is -0.774. The van der Waals surface area contributed by atoms with E-state index in [1.165, 1.54) is 22.3 Å². The summed E-state index contributed by atoms with van der Waals surface area (Å²) in [5.41, 5.74) is 2.55. The van der Waals surface area contributed by atoms with E-state index < -0.39 is 29.3 Å². The summed E-state index contributed by atoms with van der Waals surface area (Å²) in [4.78, 5) is 51.8. The minimum atomic E-state index is -1.05. The van der Waals surface area contributed by atoms with Crippen molar-refractivity contribution in [2.24, 2.45) is 0 Å². The Morgan fingerprint density at radius 3 is 2.66 bits per heavy atom. The molecule has 1 unspecified atom stereocenters. The molecule has 2 atom stereocenters. The van der Waals surface area contributed by atoms with Gasteiger partial charge in [-0.15, -0.1) is 11.3 Å². The fourth-order valence-corrected chi connectivity index (χ4v) is 6.93. The topological polar surface area (TPSA) is 119 Å². The first-order valence-electron chi connectivity index (χ1n) is 15.7. The van der Waals surface area contributed by atoms with Gasteiger partial charge in [0.25, 0.3) is 11.8 Å². The van der Waals surface area contributed by atoms with Gasteiger partial charge in [-0.3, -0.25) is 14.9 Å². The molecule has 1 N–H and O–H groups in total. The van der Waals surface area contributed by atoms with Gasteiger partial charge in [0.2, 0.25) is 0 Å². The average Bonchev–Trinajstić information content (AvgIpc) is 3.85. The van der Waals surface area contributed by atoms with Gasteiger partial charge in [-0.05, 0) is 69.0 Å². The molecule has 3 aliphatic rings. The summed E-state index contributed by atoms with van der Waals surface area (Å²) < 4.78 is 29.3. The summed E-state index contributed by atoms with van der Waals surface area (Å²) >= 11 is 1.27. The molecule has 0 saturated carbocycles. The Hall–Kier alpha value is -4.78. The van der Waals surface area contributed by atoms with Gasteiger partial charge in [-0.25, -0.2) is 19.2 Å². The molecule has 0 spiro atoms. The highest BCUT2D eigenvalue weighted by Gasteiger charge is 2.42. The molecule has 0 radical (unpaired) electrons. The quantitative estimate of drug-likeness (QED) is 0.266. The van der Waals surface area contributed by atoms with Crippen LogP contribution >= 0.6 is 11.3 Å². The van der Waals surface area contributed by atoms with E-state index in [9.17, 15) is 14.4 Å². The Kier molecular flexibility index (Phi) is 7.95. The molecule has 244 valence electrons. The summed E-state index contributed by atoms with van der Waals surface area (Å²) in [5, 5.41) is 4.98. The third-order valence-corrected chi connectivity index (χ3v) is 9.26. The summed E-state index contributed by atoms with van der Waals surface area (Å²) in [6.45, 7) is 7.22. The van der Waals surface area contributed by atoms with Crippen molar-refractivity contribution in [1.29, 1.82) is 0 Å². The highest BCUT2D eigenvalue weighted by molar-refractivity contribution is 7.13. The number of thiazole rings is 1. The predicted molar refractivity (Wildman–Crippen MR) is 173 cm³/mol. The Bertz CT molecular complexity index is 1830. The van der Waals surface area contributed by atoms with Crippen LogP contribution in [0.25, 0.3) is 11.1 Å². The van der Waals surface area contributed by atoms with Crippen molar-refractivity contribution in [2.75, 3.05) is 18.4 Å². The van der Waals surface area contributed by atoms with Gasteiger partial charge < -0.3 is 23.8 Å². The largest absolute Gasteiger partial charge is 0.489 e. The van der Waals surface area contributed by atoms with Gasteiger partial charge in [-0.1, -0.05) is 12.1 Å². The molecule has 0 bridgehead atoms. The number of amides is 3. The van der Waals surface area contributed by atoms with Crippen LogP contribution in [0.15, 0.2) is 54.3 Å². The molecular weight excluding hydrogens is 623 g/mol. The Morgan fingerprint density at radius 1 is 1.11 bits per heavy atom. The molecule has 3 amide bonds. The molecule has 0 aliphatic carbocycles. The van der Waals surface area contributed by atoms with Gasteiger partial charge in [-0.2, -0.15) is 0 Å². The molecule has 7 rings (SSSR count). The van der Waals surface area contributed by atoms with Crippen molar-refractivity contribution in [3.63, 3.8) is 0 Å². The molecule has 2 aromatic heterocycles. The van der Waals surface area contributed by atoms with Crippen molar-refractivity contribution in [1.82, 2.24) is 24.3 Å². The number of imidazole rings is 1.